The van der Waals surface area contributed by atoms with Gasteiger partial charge in [0.2, 0.25) is 0 Å². The fraction of sp³-hybridized carbons (Fsp3) is 0.378. The number of hydrogen-bond donors (Lipinski definition) is 3. The van der Waals surface area contributed by atoms with Crippen LogP contribution in [0.5, 0.6) is 5.75 Å². The Morgan fingerprint density at radius 3 is 2.66 bits per heavy atom. The number of H-pyrrole nitrogens is 1. The molecular weight excluding hydrogens is 770 g/mol. The van der Waals surface area contributed by atoms with Crippen LogP contribution in [-0.2, 0) is 6.42 Å². The number of hydrogen-bond acceptors (Lipinski definition) is 9. The van der Waals surface area contributed by atoms with E-state index in [4.69, 9.17) is 16.3 Å². The SMILES string of the molecule is CC1(C)CCC(CN2CCN(c3ccc(C(=O)NSc4cc5c(c([N+](=O)[O-])c4)NC(C4CC4)CO5)c(Cc4cnc5[nH]ccc5c4)c3)CC2)=C(c2ccc(Cl)cc2)C1. The van der Waals surface area contributed by atoms with E-state index in [1.165, 1.54) is 29.2 Å². The Kier molecular flexibility index (Phi) is 10.6. The molecule has 300 valence electrons. The van der Waals surface area contributed by atoms with Crippen LogP contribution in [0.4, 0.5) is 17.1 Å². The predicted molar refractivity (Wildman–Crippen MR) is 232 cm³/mol. The van der Waals surface area contributed by atoms with Crippen molar-refractivity contribution in [2.24, 2.45) is 11.3 Å². The third-order valence-corrected chi connectivity index (χ3v) is 13.2. The number of piperazine rings is 1. The number of rotatable bonds is 11. The number of ether oxygens (including phenoxy) is 1. The molecule has 3 aromatic carbocycles. The highest BCUT2D eigenvalue weighted by Gasteiger charge is 2.37. The summed E-state index contributed by atoms with van der Waals surface area (Å²) in [7, 11) is 0. The van der Waals surface area contributed by atoms with Gasteiger partial charge in [-0.15, -0.1) is 0 Å². The fourth-order valence-corrected chi connectivity index (χ4v) is 9.48. The Morgan fingerprint density at radius 1 is 1.07 bits per heavy atom. The topological polar surface area (TPSA) is 129 Å². The van der Waals surface area contributed by atoms with Gasteiger partial charge in [0.05, 0.1) is 11.0 Å². The van der Waals surface area contributed by atoms with E-state index in [9.17, 15) is 14.9 Å². The maximum atomic E-state index is 14.0. The van der Waals surface area contributed by atoms with Crippen molar-refractivity contribution in [1.29, 1.82) is 0 Å². The summed E-state index contributed by atoms with van der Waals surface area (Å²) in [5.74, 6) is 0.640. The number of nitro benzene ring substituents is 1. The quantitative estimate of drug-likeness (QED) is 0.0679. The highest BCUT2D eigenvalue weighted by Crippen LogP contribution is 2.45. The van der Waals surface area contributed by atoms with Crippen LogP contribution >= 0.6 is 23.5 Å². The molecule has 2 aliphatic heterocycles. The van der Waals surface area contributed by atoms with Crippen molar-refractivity contribution in [2.75, 3.05) is 49.5 Å². The molecule has 58 heavy (non-hydrogen) atoms. The number of anilines is 2. The molecule has 2 aliphatic carbocycles. The molecule has 1 unspecified atom stereocenters. The highest BCUT2D eigenvalue weighted by molar-refractivity contribution is 7.98. The molecule has 5 aromatic rings. The van der Waals surface area contributed by atoms with E-state index < -0.39 is 4.92 Å². The molecule has 1 saturated heterocycles. The van der Waals surface area contributed by atoms with Crippen LogP contribution in [0.2, 0.25) is 5.02 Å². The predicted octanol–water partition coefficient (Wildman–Crippen LogP) is 9.52. The Labute approximate surface area is 347 Å². The molecule has 13 heteroatoms. The maximum Gasteiger partial charge on any atom is 0.297 e. The van der Waals surface area contributed by atoms with Crippen LogP contribution in [0.1, 0.15) is 73.0 Å². The zero-order valence-electron chi connectivity index (χ0n) is 32.9. The van der Waals surface area contributed by atoms with Crippen molar-refractivity contribution in [3.63, 3.8) is 0 Å². The molecule has 1 amide bonds. The lowest BCUT2D eigenvalue weighted by Crippen LogP contribution is -2.47. The lowest BCUT2D eigenvalue weighted by atomic mass is 9.72. The Bertz CT molecular complexity index is 2400. The number of aromatic amines is 1. The van der Waals surface area contributed by atoms with Gasteiger partial charge in [0.1, 0.15) is 12.3 Å². The van der Waals surface area contributed by atoms with E-state index in [0.717, 1.165) is 103 Å². The number of nitro groups is 1. The van der Waals surface area contributed by atoms with E-state index >= 15 is 0 Å². The van der Waals surface area contributed by atoms with Gasteiger partial charge in [-0.05, 0) is 133 Å². The molecule has 2 fully saturated rings. The number of halogens is 1. The van der Waals surface area contributed by atoms with Crippen molar-refractivity contribution < 1.29 is 14.5 Å². The smallest absolute Gasteiger partial charge is 0.297 e. The monoisotopic (exact) mass is 817 g/mol. The van der Waals surface area contributed by atoms with Crippen molar-refractivity contribution in [3.8, 4) is 5.75 Å². The number of nitrogens with one attached hydrogen (secondary N) is 3. The molecule has 0 radical (unpaired) electrons. The lowest BCUT2D eigenvalue weighted by Gasteiger charge is -2.39. The number of pyridine rings is 1. The van der Waals surface area contributed by atoms with Crippen molar-refractivity contribution >= 4 is 63.1 Å². The molecule has 1 atom stereocenters. The van der Waals surface area contributed by atoms with Gasteiger partial charge in [-0.25, -0.2) is 4.98 Å². The van der Waals surface area contributed by atoms with Crippen LogP contribution in [0, 0.1) is 21.4 Å². The van der Waals surface area contributed by atoms with E-state index in [1.54, 1.807) is 6.07 Å². The van der Waals surface area contributed by atoms with E-state index in [2.05, 4.69) is 67.9 Å². The first-order valence-electron chi connectivity index (χ1n) is 20.2. The standard InChI is InChI=1S/C45H48ClN7O4S/c1-45(2)13-11-32(38(24-45)29-5-7-34(46)8-6-29)26-51-15-17-52(18-16-51)35-9-10-37(33(21-35)20-28-19-31-12-14-47-43(31)48-25-28)44(54)50-58-36-22-40(53(55)56)42-41(23-36)57-27-39(49-42)30-3-4-30/h5-10,12,14,19,21-23,25,30,39,49H,3-4,11,13,15-18,20,24,26-27H2,1-2H3,(H,47,48)(H,50,54). The van der Waals surface area contributed by atoms with Crippen molar-refractivity contribution in [1.82, 2.24) is 19.6 Å². The van der Waals surface area contributed by atoms with Gasteiger partial charge in [0, 0.05) is 77.7 Å². The third-order valence-electron chi connectivity index (χ3n) is 12.2. The third kappa shape index (κ3) is 8.41. The van der Waals surface area contributed by atoms with Gasteiger partial charge >= 0.3 is 0 Å². The van der Waals surface area contributed by atoms with Gasteiger partial charge in [-0.1, -0.05) is 43.2 Å². The van der Waals surface area contributed by atoms with Crippen LogP contribution in [-0.4, -0.2) is 71.1 Å². The average molecular weight is 818 g/mol. The fourth-order valence-electron chi connectivity index (χ4n) is 8.70. The summed E-state index contributed by atoms with van der Waals surface area (Å²) >= 11 is 7.31. The summed E-state index contributed by atoms with van der Waals surface area (Å²) in [5, 5.41) is 17.2. The van der Waals surface area contributed by atoms with Crippen molar-refractivity contribution in [3.05, 3.63) is 122 Å². The zero-order valence-corrected chi connectivity index (χ0v) is 34.4. The van der Waals surface area contributed by atoms with E-state index in [1.807, 2.05) is 42.7 Å². The van der Waals surface area contributed by atoms with Gasteiger partial charge in [-0.3, -0.25) is 24.5 Å². The maximum absolute atomic E-state index is 14.0. The summed E-state index contributed by atoms with van der Waals surface area (Å²) in [6.45, 7) is 9.81. The molecule has 1 saturated carbocycles. The molecule has 0 bridgehead atoms. The molecular formula is C45H48ClN7O4S. The molecule has 2 aromatic heterocycles. The minimum absolute atomic E-state index is 0.0567. The summed E-state index contributed by atoms with van der Waals surface area (Å²) in [6, 6.07) is 21.8. The number of amides is 1. The first kappa shape index (κ1) is 38.5. The van der Waals surface area contributed by atoms with Crippen LogP contribution < -0.4 is 19.7 Å². The van der Waals surface area contributed by atoms with Crippen molar-refractivity contribution in [2.45, 2.75) is 63.3 Å². The number of allylic oxidation sites excluding steroid dienone is 1. The largest absolute Gasteiger partial charge is 0.489 e. The molecule has 9 rings (SSSR count). The summed E-state index contributed by atoms with van der Waals surface area (Å²) in [6.07, 6.45) is 9.81. The normalized spacial score (nSPS) is 19.4. The second-order valence-electron chi connectivity index (χ2n) is 17.0. The first-order chi connectivity index (χ1) is 28.0. The molecule has 4 aliphatic rings. The number of carbonyl (C=O) groups is 1. The Morgan fingerprint density at radius 2 is 1.88 bits per heavy atom. The Hall–Kier alpha value is -5.04. The van der Waals surface area contributed by atoms with Gasteiger partial charge in [0.25, 0.3) is 11.6 Å². The second-order valence-corrected chi connectivity index (χ2v) is 18.3. The van der Waals surface area contributed by atoms with Gasteiger partial charge in [-0.2, -0.15) is 0 Å². The number of fused-ring (bicyclic) bond motifs is 2. The lowest BCUT2D eigenvalue weighted by molar-refractivity contribution is -0.384. The van der Waals surface area contributed by atoms with Gasteiger partial charge in [0.15, 0.2) is 11.4 Å². The zero-order chi connectivity index (χ0) is 40.0. The molecule has 3 N–H and O–H groups in total. The highest BCUT2D eigenvalue weighted by atomic mass is 35.5. The minimum atomic E-state index is -0.394. The number of carbonyl (C=O) groups excluding carboxylic acids is 1. The molecule has 4 heterocycles. The van der Waals surface area contributed by atoms with Crippen LogP contribution in [0.3, 0.4) is 0 Å². The number of benzene rings is 3. The number of nitrogens with zero attached hydrogens (tertiary/aromatic N) is 4. The minimum Gasteiger partial charge on any atom is -0.489 e. The Balaban J connectivity index is 0.922. The molecule has 11 nitrogen and oxygen atoms in total. The van der Waals surface area contributed by atoms with Crippen LogP contribution in [0.15, 0.2) is 89.6 Å². The summed E-state index contributed by atoms with van der Waals surface area (Å²) < 4.78 is 8.98. The summed E-state index contributed by atoms with van der Waals surface area (Å²) in [4.78, 5) is 39.0. The van der Waals surface area contributed by atoms with Gasteiger partial charge < -0.3 is 19.9 Å². The average Bonchev–Trinajstić information content (AvgIpc) is 3.97. The first-order valence-corrected chi connectivity index (χ1v) is 21.4. The van der Waals surface area contributed by atoms with Crippen LogP contribution in [0.25, 0.3) is 16.6 Å². The summed E-state index contributed by atoms with van der Waals surface area (Å²) in [5.41, 5.74) is 9.23. The second kappa shape index (κ2) is 16.0. The number of aromatic nitrogens is 2. The van der Waals surface area contributed by atoms with E-state index in [0.29, 0.717) is 40.8 Å². The molecule has 0 spiro atoms. The van der Waals surface area contributed by atoms with E-state index in [-0.39, 0.29) is 23.1 Å².